The first-order chi connectivity index (χ1) is 20.9. The van der Waals surface area contributed by atoms with Gasteiger partial charge in [-0.15, -0.1) is 0 Å². The maximum Gasteiger partial charge on any atom is 0.343 e. The summed E-state index contributed by atoms with van der Waals surface area (Å²) < 4.78 is 11.3. The largest absolute Gasteiger partial charge is 0.409 e. The Morgan fingerprint density at radius 3 is 1.68 bits per heavy atom. The minimum Gasteiger partial charge on any atom is -0.409 e. The lowest BCUT2D eigenvalue weighted by molar-refractivity contribution is 0.0731. The summed E-state index contributed by atoms with van der Waals surface area (Å²) in [5, 5.41) is 1.23. The predicted molar refractivity (Wildman–Crippen MR) is 182 cm³/mol. The van der Waals surface area contributed by atoms with Gasteiger partial charge in [0, 0.05) is 21.7 Å². The van der Waals surface area contributed by atoms with Crippen LogP contribution in [0, 0.1) is 41.5 Å². The number of hydrogen-bond acceptors (Lipinski definition) is 6. The lowest BCUT2D eigenvalue weighted by Gasteiger charge is -2.18. The molecule has 4 rings (SSSR count). The van der Waals surface area contributed by atoms with Gasteiger partial charge in [0.15, 0.2) is 14.2 Å². The average molecular weight is 633 g/mol. The molecule has 4 aromatic rings. The molecule has 0 aliphatic heterocycles. The monoisotopic (exact) mass is 632 g/mol. The van der Waals surface area contributed by atoms with Crippen molar-refractivity contribution in [3.63, 3.8) is 0 Å². The Balaban J connectivity index is 0.000000240. The van der Waals surface area contributed by atoms with E-state index in [-0.39, 0.29) is 11.8 Å². The van der Waals surface area contributed by atoms with Crippen molar-refractivity contribution in [2.75, 3.05) is 6.61 Å². The summed E-state index contributed by atoms with van der Waals surface area (Å²) in [6, 6.07) is 22.8. The van der Waals surface area contributed by atoms with E-state index >= 15 is 0 Å². The van der Waals surface area contributed by atoms with Gasteiger partial charge in [-0.25, -0.2) is 4.79 Å². The van der Waals surface area contributed by atoms with Crippen LogP contribution < -0.4 is 10.6 Å². The van der Waals surface area contributed by atoms with Crippen LogP contribution in [0.2, 0.25) is 0 Å². The van der Waals surface area contributed by atoms with Gasteiger partial charge < -0.3 is 18.8 Å². The van der Waals surface area contributed by atoms with Gasteiger partial charge in [-0.05, 0) is 101 Å². The van der Waals surface area contributed by atoms with Crippen LogP contribution in [0.4, 0.5) is 0 Å². The predicted octanol–water partition coefficient (Wildman–Crippen LogP) is 7.77. The molecular formula is C36H42O6P2. The molecule has 0 spiro atoms. The second kappa shape index (κ2) is 16.2. The average Bonchev–Trinajstić information content (AvgIpc) is 2.96. The smallest absolute Gasteiger partial charge is 0.343 e. The normalized spacial score (nSPS) is 11.5. The molecule has 8 heteroatoms. The Bertz CT molecular complexity index is 1570. The molecule has 1 atom stereocenters. The standard InChI is InChI=1S/2C18H21O3P/c1-5-14-7-6-8-15(22(20)21)17(14)18(19)16-12(3)9-11(2)10-13(16)4;1-5-20-22(16-9-7-6-8-10-16)21-18(19)17-14(3)11-13(2)12-15(17)4/h6-10,20-21H,5H2,1-4H3;6-12H,5H2,1-4H3. The molecule has 232 valence electrons. The molecule has 6 nitrogen and oxygen atoms in total. The zero-order chi connectivity index (χ0) is 32.6. The van der Waals surface area contributed by atoms with Gasteiger partial charge in [-0.1, -0.05) is 72.6 Å². The zero-order valence-corrected chi connectivity index (χ0v) is 28.6. The number of benzene rings is 4. The zero-order valence-electron chi connectivity index (χ0n) is 26.8. The second-order valence-corrected chi connectivity index (χ2v) is 13.3. The van der Waals surface area contributed by atoms with Crippen molar-refractivity contribution < 1.29 is 28.4 Å². The summed E-state index contributed by atoms with van der Waals surface area (Å²) in [7, 11) is -3.71. The van der Waals surface area contributed by atoms with E-state index < -0.39 is 16.8 Å². The summed E-state index contributed by atoms with van der Waals surface area (Å²) in [6.07, 6.45) is 0.669. The first-order valence-electron chi connectivity index (χ1n) is 14.6. The van der Waals surface area contributed by atoms with Crippen LogP contribution in [0.3, 0.4) is 0 Å². The van der Waals surface area contributed by atoms with Gasteiger partial charge in [-0.3, -0.25) is 4.79 Å². The molecule has 0 amide bonds. The summed E-state index contributed by atoms with van der Waals surface area (Å²) in [5.41, 5.74) is 8.53. The van der Waals surface area contributed by atoms with E-state index in [0.717, 1.165) is 44.2 Å². The fourth-order valence-corrected chi connectivity index (χ4v) is 7.28. The fourth-order valence-electron chi connectivity index (χ4n) is 5.42. The maximum absolute atomic E-state index is 13.1. The molecule has 1 unspecified atom stereocenters. The van der Waals surface area contributed by atoms with Crippen LogP contribution in [-0.4, -0.2) is 28.1 Å². The van der Waals surface area contributed by atoms with Gasteiger partial charge in [-0.2, -0.15) is 0 Å². The number of ketones is 1. The van der Waals surface area contributed by atoms with Crippen molar-refractivity contribution in [3.05, 3.63) is 128 Å². The highest BCUT2D eigenvalue weighted by atomic mass is 31.2. The molecule has 0 aliphatic rings. The van der Waals surface area contributed by atoms with Crippen molar-refractivity contribution in [2.45, 2.75) is 61.8 Å². The first kappa shape index (κ1) is 35.2. The molecule has 0 radical (unpaired) electrons. The van der Waals surface area contributed by atoms with Crippen molar-refractivity contribution in [3.8, 4) is 0 Å². The highest BCUT2D eigenvalue weighted by Gasteiger charge is 2.24. The molecule has 4 aromatic carbocycles. The van der Waals surface area contributed by atoms with Gasteiger partial charge in [0.1, 0.15) is 0 Å². The van der Waals surface area contributed by atoms with Gasteiger partial charge >= 0.3 is 5.97 Å². The Kier molecular flexibility index (Phi) is 13.0. The highest BCUT2D eigenvalue weighted by molar-refractivity contribution is 7.56. The van der Waals surface area contributed by atoms with Crippen LogP contribution in [0.15, 0.2) is 72.8 Å². The van der Waals surface area contributed by atoms with E-state index in [0.29, 0.717) is 35.0 Å². The Labute approximate surface area is 263 Å². The van der Waals surface area contributed by atoms with Crippen molar-refractivity contribution in [1.82, 2.24) is 0 Å². The minimum atomic E-state index is -2.31. The third-order valence-electron chi connectivity index (χ3n) is 7.12. The molecule has 0 bridgehead atoms. The Hall–Kier alpha value is -3.24. The molecule has 0 heterocycles. The fraction of sp³-hybridized carbons (Fsp3) is 0.278. The maximum atomic E-state index is 13.1. The van der Waals surface area contributed by atoms with Crippen molar-refractivity contribution in [2.24, 2.45) is 0 Å². The Morgan fingerprint density at radius 2 is 1.20 bits per heavy atom. The first-order valence-corrected chi connectivity index (χ1v) is 17.0. The molecule has 0 aromatic heterocycles. The van der Waals surface area contributed by atoms with Gasteiger partial charge in [0.25, 0.3) is 8.38 Å². The van der Waals surface area contributed by atoms with Crippen molar-refractivity contribution >= 4 is 39.1 Å². The van der Waals surface area contributed by atoms with Crippen LogP contribution in [0.5, 0.6) is 0 Å². The van der Waals surface area contributed by atoms with Crippen molar-refractivity contribution in [1.29, 1.82) is 0 Å². The molecule has 0 saturated heterocycles. The number of aryl methyl sites for hydroxylation is 7. The summed E-state index contributed by atoms with van der Waals surface area (Å²) in [5.74, 6) is -0.448. The van der Waals surface area contributed by atoms with E-state index in [2.05, 4.69) is 0 Å². The van der Waals surface area contributed by atoms with Crippen LogP contribution in [-0.2, 0) is 15.5 Å². The third-order valence-corrected chi connectivity index (χ3v) is 9.46. The summed E-state index contributed by atoms with van der Waals surface area (Å²) >= 11 is 0. The quantitative estimate of drug-likeness (QED) is 0.145. The number of carbonyl (C=O) groups is 2. The minimum absolute atomic E-state index is 0.127. The van der Waals surface area contributed by atoms with Crippen LogP contribution in [0.25, 0.3) is 0 Å². The second-order valence-electron chi connectivity index (χ2n) is 10.7. The van der Waals surface area contributed by atoms with Crippen LogP contribution in [0.1, 0.15) is 79.1 Å². The lowest BCUT2D eigenvalue weighted by Crippen LogP contribution is -2.19. The van der Waals surface area contributed by atoms with E-state index in [1.54, 1.807) is 12.1 Å². The number of carbonyl (C=O) groups excluding carboxylic acids is 2. The topological polar surface area (TPSA) is 93.1 Å². The molecule has 0 fully saturated rings. The van der Waals surface area contributed by atoms with Gasteiger partial charge in [0.2, 0.25) is 0 Å². The molecule has 2 N–H and O–H groups in total. The molecule has 0 aliphatic carbocycles. The molecule has 44 heavy (non-hydrogen) atoms. The lowest BCUT2D eigenvalue weighted by atomic mass is 9.90. The summed E-state index contributed by atoms with van der Waals surface area (Å²) in [6.45, 7) is 16.1. The highest BCUT2D eigenvalue weighted by Crippen LogP contribution is 2.38. The Morgan fingerprint density at radius 1 is 0.682 bits per heavy atom. The van der Waals surface area contributed by atoms with E-state index in [1.165, 1.54) is 0 Å². The number of rotatable bonds is 9. The van der Waals surface area contributed by atoms with E-state index in [9.17, 15) is 19.4 Å². The molecular weight excluding hydrogens is 590 g/mol. The van der Waals surface area contributed by atoms with E-state index in [1.807, 2.05) is 116 Å². The van der Waals surface area contributed by atoms with E-state index in [4.69, 9.17) is 9.05 Å². The third kappa shape index (κ3) is 8.69. The van der Waals surface area contributed by atoms with Crippen LogP contribution >= 0.6 is 16.8 Å². The SMILES string of the molecule is CCOP(OC(=O)c1c(C)cc(C)cc1C)c1ccccc1.CCc1cccc(P(O)O)c1C(=O)c1c(C)cc(C)cc1C. The number of hydrogen-bond donors (Lipinski definition) is 2. The molecule has 0 saturated carbocycles. The summed E-state index contributed by atoms with van der Waals surface area (Å²) in [4.78, 5) is 45.0. The van der Waals surface area contributed by atoms with Gasteiger partial charge in [0.05, 0.1) is 12.2 Å².